The van der Waals surface area contributed by atoms with Crippen LogP contribution in [0.25, 0.3) is 0 Å². The van der Waals surface area contributed by atoms with Crippen LogP contribution in [0.1, 0.15) is 38.2 Å². The van der Waals surface area contributed by atoms with Crippen LogP contribution in [0.15, 0.2) is 12.1 Å². The number of carbonyl (C=O) groups excluding carboxylic acids is 1. The van der Waals surface area contributed by atoms with Crippen LogP contribution in [0.2, 0.25) is 0 Å². The van der Waals surface area contributed by atoms with Gasteiger partial charge in [-0.25, -0.2) is 4.39 Å². The van der Waals surface area contributed by atoms with E-state index in [4.69, 9.17) is 14.2 Å². The van der Waals surface area contributed by atoms with Gasteiger partial charge < -0.3 is 14.2 Å². The lowest BCUT2D eigenvalue weighted by atomic mass is 9.98. The maximum absolute atomic E-state index is 14.4. The molecule has 24 heavy (non-hydrogen) atoms. The van der Waals surface area contributed by atoms with E-state index in [2.05, 4.69) is 4.90 Å². The molecular formula is C18H26FNO4. The van der Waals surface area contributed by atoms with Gasteiger partial charge in [-0.1, -0.05) is 6.42 Å². The molecule has 5 nitrogen and oxygen atoms in total. The van der Waals surface area contributed by atoms with Crippen LogP contribution in [0, 0.1) is 5.82 Å². The SMILES string of the molecule is CCOC(=O)C[C@H]1CCCCN1Cc1cc(OC)c(OC)cc1F. The topological polar surface area (TPSA) is 48.0 Å². The minimum atomic E-state index is -0.326. The Balaban J connectivity index is 2.13. The molecule has 1 saturated heterocycles. The number of ether oxygens (including phenoxy) is 3. The molecule has 1 heterocycles. The van der Waals surface area contributed by atoms with Crippen molar-refractivity contribution in [3.63, 3.8) is 0 Å². The molecule has 1 aliphatic rings. The second kappa shape index (κ2) is 8.87. The Bertz CT molecular complexity index is 564. The van der Waals surface area contributed by atoms with Crippen molar-refractivity contribution in [2.45, 2.75) is 45.2 Å². The molecule has 0 aliphatic carbocycles. The van der Waals surface area contributed by atoms with Crippen LogP contribution < -0.4 is 9.47 Å². The van der Waals surface area contributed by atoms with Gasteiger partial charge in [-0.05, 0) is 32.4 Å². The molecule has 0 unspecified atom stereocenters. The number of piperidine rings is 1. The van der Waals surface area contributed by atoms with E-state index in [1.165, 1.54) is 20.3 Å². The fraction of sp³-hybridized carbons (Fsp3) is 0.611. The number of carbonyl (C=O) groups is 1. The molecule has 0 bridgehead atoms. The number of hydrogen-bond donors (Lipinski definition) is 0. The fourth-order valence-corrected chi connectivity index (χ4v) is 3.15. The van der Waals surface area contributed by atoms with Gasteiger partial charge in [-0.15, -0.1) is 0 Å². The zero-order chi connectivity index (χ0) is 17.5. The molecule has 1 aromatic rings. The van der Waals surface area contributed by atoms with Crippen LogP contribution in [-0.4, -0.2) is 44.3 Å². The lowest BCUT2D eigenvalue weighted by molar-refractivity contribution is -0.145. The molecule has 0 amide bonds. The highest BCUT2D eigenvalue weighted by molar-refractivity contribution is 5.70. The summed E-state index contributed by atoms with van der Waals surface area (Å²) in [4.78, 5) is 14.0. The molecule has 1 aliphatic heterocycles. The van der Waals surface area contributed by atoms with Crippen molar-refractivity contribution in [1.82, 2.24) is 4.90 Å². The second-order valence-electron chi connectivity index (χ2n) is 5.93. The van der Waals surface area contributed by atoms with E-state index >= 15 is 0 Å². The summed E-state index contributed by atoms with van der Waals surface area (Å²) in [6.45, 7) is 3.47. The first-order valence-corrected chi connectivity index (χ1v) is 8.39. The van der Waals surface area contributed by atoms with Gasteiger partial charge in [0.1, 0.15) is 5.82 Å². The summed E-state index contributed by atoms with van der Waals surface area (Å²) in [6, 6.07) is 3.10. The van der Waals surface area contributed by atoms with E-state index in [1.807, 2.05) is 0 Å². The molecule has 0 spiro atoms. The summed E-state index contributed by atoms with van der Waals surface area (Å²) >= 11 is 0. The van der Waals surface area contributed by atoms with Crippen molar-refractivity contribution < 1.29 is 23.4 Å². The van der Waals surface area contributed by atoms with Gasteiger partial charge in [0, 0.05) is 24.2 Å². The van der Waals surface area contributed by atoms with Gasteiger partial charge in [0.15, 0.2) is 11.5 Å². The molecule has 0 aromatic heterocycles. The Morgan fingerprint density at radius 2 is 1.96 bits per heavy atom. The molecule has 0 radical (unpaired) electrons. The zero-order valence-electron chi connectivity index (χ0n) is 14.6. The molecule has 1 fully saturated rings. The predicted molar refractivity (Wildman–Crippen MR) is 88.8 cm³/mol. The number of esters is 1. The predicted octanol–water partition coefficient (Wildman–Crippen LogP) is 3.15. The van der Waals surface area contributed by atoms with Gasteiger partial charge in [0.25, 0.3) is 0 Å². The van der Waals surface area contributed by atoms with E-state index in [-0.39, 0.29) is 17.8 Å². The van der Waals surface area contributed by atoms with E-state index in [0.717, 1.165) is 25.8 Å². The van der Waals surface area contributed by atoms with Crippen LogP contribution >= 0.6 is 0 Å². The molecule has 1 aromatic carbocycles. The van der Waals surface area contributed by atoms with Crippen molar-refractivity contribution in [1.29, 1.82) is 0 Å². The first kappa shape index (κ1) is 18.5. The molecule has 0 saturated carbocycles. The Kier molecular flexibility index (Phi) is 6.85. The molecular weight excluding hydrogens is 313 g/mol. The van der Waals surface area contributed by atoms with Gasteiger partial charge in [0.05, 0.1) is 27.2 Å². The average Bonchev–Trinajstić information content (AvgIpc) is 2.58. The van der Waals surface area contributed by atoms with Crippen LogP contribution in [-0.2, 0) is 16.1 Å². The number of hydrogen-bond acceptors (Lipinski definition) is 5. The molecule has 1 atom stereocenters. The summed E-state index contributed by atoms with van der Waals surface area (Å²) in [5.74, 6) is 0.364. The van der Waals surface area contributed by atoms with E-state index in [0.29, 0.717) is 36.6 Å². The average molecular weight is 339 g/mol. The maximum atomic E-state index is 14.4. The highest BCUT2D eigenvalue weighted by atomic mass is 19.1. The Morgan fingerprint density at radius 1 is 1.25 bits per heavy atom. The molecule has 2 rings (SSSR count). The minimum Gasteiger partial charge on any atom is -0.493 e. The number of halogens is 1. The van der Waals surface area contributed by atoms with Crippen molar-refractivity contribution in [3.05, 3.63) is 23.5 Å². The number of nitrogens with zero attached hydrogens (tertiary/aromatic N) is 1. The zero-order valence-corrected chi connectivity index (χ0v) is 14.6. The summed E-state index contributed by atoms with van der Waals surface area (Å²) < 4.78 is 29.8. The number of benzene rings is 1. The van der Waals surface area contributed by atoms with Gasteiger partial charge in [0.2, 0.25) is 0 Å². The third kappa shape index (κ3) is 4.60. The van der Waals surface area contributed by atoms with E-state index in [1.54, 1.807) is 13.0 Å². The summed E-state index contributed by atoms with van der Waals surface area (Å²) in [5.41, 5.74) is 0.545. The van der Waals surface area contributed by atoms with Gasteiger partial charge >= 0.3 is 5.97 Å². The van der Waals surface area contributed by atoms with Crippen LogP contribution in [0.5, 0.6) is 11.5 Å². The monoisotopic (exact) mass is 339 g/mol. The summed E-state index contributed by atoms with van der Waals surface area (Å²) in [7, 11) is 3.01. The Labute approximate surface area is 142 Å². The quantitative estimate of drug-likeness (QED) is 0.714. The largest absolute Gasteiger partial charge is 0.493 e. The minimum absolute atomic E-state index is 0.0882. The molecule has 6 heteroatoms. The fourth-order valence-electron chi connectivity index (χ4n) is 3.15. The van der Waals surface area contributed by atoms with E-state index in [9.17, 15) is 9.18 Å². The highest BCUT2D eigenvalue weighted by Gasteiger charge is 2.26. The number of rotatable bonds is 7. The van der Waals surface area contributed by atoms with Crippen LogP contribution in [0.4, 0.5) is 4.39 Å². The Morgan fingerprint density at radius 3 is 2.62 bits per heavy atom. The number of likely N-dealkylation sites (tertiary alicyclic amines) is 1. The third-order valence-electron chi connectivity index (χ3n) is 4.38. The van der Waals surface area contributed by atoms with Crippen molar-refractivity contribution in [3.8, 4) is 11.5 Å². The highest BCUT2D eigenvalue weighted by Crippen LogP contribution is 2.31. The smallest absolute Gasteiger partial charge is 0.307 e. The first-order valence-electron chi connectivity index (χ1n) is 8.39. The molecule has 0 N–H and O–H groups in total. The Hall–Kier alpha value is -1.82. The summed E-state index contributed by atoms with van der Waals surface area (Å²) in [5, 5.41) is 0. The van der Waals surface area contributed by atoms with Gasteiger partial charge in [-0.2, -0.15) is 0 Å². The first-order chi connectivity index (χ1) is 11.6. The molecule has 134 valence electrons. The van der Waals surface area contributed by atoms with Crippen molar-refractivity contribution in [2.24, 2.45) is 0 Å². The lowest BCUT2D eigenvalue weighted by Crippen LogP contribution is -2.40. The third-order valence-corrected chi connectivity index (χ3v) is 4.38. The maximum Gasteiger partial charge on any atom is 0.307 e. The number of methoxy groups -OCH3 is 2. The second-order valence-corrected chi connectivity index (χ2v) is 5.93. The summed E-state index contributed by atoms with van der Waals surface area (Å²) in [6.07, 6.45) is 3.40. The van der Waals surface area contributed by atoms with Gasteiger partial charge in [-0.3, -0.25) is 9.69 Å². The van der Waals surface area contributed by atoms with Crippen LogP contribution in [0.3, 0.4) is 0 Å². The van der Waals surface area contributed by atoms with Crippen molar-refractivity contribution >= 4 is 5.97 Å². The standard InChI is InChI=1S/C18H26FNO4/c1-4-24-18(21)10-14-7-5-6-8-20(14)12-13-9-16(22-2)17(23-3)11-15(13)19/h9,11,14H,4-8,10,12H2,1-3H3/t14-/m1/s1. The van der Waals surface area contributed by atoms with E-state index < -0.39 is 0 Å². The van der Waals surface area contributed by atoms with Crippen molar-refractivity contribution in [2.75, 3.05) is 27.4 Å². The lowest BCUT2D eigenvalue weighted by Gasteiger charge is -2.35. The normalized spacial score (nSPS) is 18.2.